The lowest BCUT2D eigenvalue weighted by molar-refractivity contribution is -0.119. The number of hydrogen-bond acceptors (Lipinski definition) is 7. The Bertz CT molecular complexity index is 1490. The first-order valence-corrected chi connectivity index (χ1v) is 14.6. The van der Waals surface area contributed by atoms with Gasteiger partial charge in [-0.05, 0) is 62.3 Å². The van der Waals surface area contributed by atoms with E-state index in [-0.39, 0.29) is 47.2 Å². The number of halogens is 3. The molecule has 7 rings (SSSR count). The van der Waals surface area contributed by atoms with Crippen molar-refractivity contribution in [2.75, 3.05) is 5.32 Å². The van der Waals surface area contributed by atoms with Crippen LogP contribution in [0.15, 0.2) is 12.4 Å². The molecular weight excluding hydrogens is 543 g/mol. The Morgan fingerprint density at radius 1 is 1.27 bits per heavy atom. The topological polar surface area (TPSA) is 107 Å². The normalized spacial score (nSPS) is 25.9. The Morgan fingerprint density at radius 3 is 2.75 bits per heavy atom. The Morgan fingerprint density at radius 2 is 2.08 bits per heavy atom. The highest BCUT2D eigenvalue weighted by Gasteiger charge is 2.65. The van der Waals surface area contributed by atoms with Crippen molar-refractivity contribution in [2.24, 2.45) is 18.4 Å². The number of anilines is 2. The van der Waals surface area contributed by atoms with Gasteiger partial charge in [0.1, 0.15) is 29.8 Å². The zero-order chi connectivity index (χ0) is 27.8. The summed E-state index contributed by atoms with van der Waals surface area (Å²) in [6.45, 7) is 0. The van der Waals surface area contributed by atoms with Gasteiger partial charge in [-0.15, -0.1) is 21.5 Å². The maximum atomic E-state index is 13.6. The molecule has 3 aromatic rings. The van der Waals surface area contributed by atoms with E-state index in [1.807, 2.05) is 4.57 Å². The molecule has 0 radical (unpaired) electrons. The molecule has 40 heavy (non-hydrogen) atoms. The summed E-state index contributed by atoms with van der Waals surface area (Å²) in [6.07, 6.45) is 4.17. The van der Waals surface area contributed by atoms with Gasteiger partial charge >= 0.3 is 0 Å². The second-order valence-electron chi connectivity index (χ2n) is 11.8. The van der Waals surface area contributed by atoms with Crippen molar-refractivity contribution in [3.05, 3.63) is 39.0 Å². The minimum absolute atomic E-state index is 0.0883. The summed E-state index contributed by atoms with van der Waals surface area (Å²) in [5.74, 6) is 0.862. The number of rotatable bonds is 9. The van der Waals surface area contributed by atoms with E-state index in [1.54, 1.807) is 24.7 Å². The highest BCUT2D eigenvalue weighted by molar-refractivity contribution is 7.12. The Kier molecular flexibility index (Phi) is 6.06. The summed E-state index contributed by atoms with van der Waals surface area (Å²) in [4.78, 5) is 28.6. The summed E-state index contributed by atoms with van der Waals surface area (Å²) < 4.78 is 42.9. The number of aryl methyl sites for hydroxylation is 2. The van der Waals surface area contributed by atoms with Crippen LogP contribution in [0.25, 0.3) is 0 Å². The number of nitrogens with one attached hydrogen (secondary N) is 2. The fourth-order valence-electron chi connectivity index (χ4n) is 6.40. The SMILES string of the molecule is Cn1nc(C(F)F)cc1Nc1nncn1[C@H]1CCc2sc(CC(=O)[C@H]3CC34CC4)c(C(=O)NC3CC(F)C3)c2C1. The second-order valence-corrected chi connectivity index (χ2v) is 13.0. The van der Waals surface area contributed by atoms with Gasteiger partial charge in [0.25, 0.3) is 12.3 Å². The minimum Gasteiger partial charge on any atom is -0.349 e. The molecule has 0 saturated heterocycles. The first-order chi connectivity index (χ1) is 19.2. The van der Waals surface area contributed by atoms with Crippen LogP contribution in [0.4, 0.5) is 24.9 Å². The van der Waals surface area contributed by atoms with Crippen molar-refractivity contribution in [1.29, 1.82) is 0 Å². The first kappa shape index (κ1) is 25.7. The molecule has 1 spiro atoms. The summed E-state index contributed by atoms with van der Waals surface area (Å²) >= 11 is 1.56. The summed E-state index contributed by atoms with van der Waals surface area (Å²) in [7, 11) is 1.57. The van der Waals surface area contributed by atoms with Gasteiger partial charge in [0.15, 0.2) is 0 Å². The number of carbonyl (C=O) groups excluding carboxylic acids is 2. The highest BCUT2D eigenvalue weighted by Crippen LogP contribution is 2.71. The molecule has 3 saturated carbocycles. The van der Waals surface area contributed by atoms with Crippen molar-refractivity contribution in [3.63, 3.8) is 0 Å². The number of amides is 1. The van der Waals surface area contributed by atoms with Gasteiger partial charge in [0.2, 0.25) is 5.95 Å². The van der Waals surface area contributed by atoms with Crippen LogP contribution in [-0.2, 0) is 31.1 Å². The zero-order valence-corrected chi connectivity index (χ0v) is 22.8. The third-order valence-electron chi connectivity index (χ3n) is 9.08. The van der Waals surface area contributed by atoms with E-state index in [4.69, 9.17) is 0 Å². The van der Waals surface area contributed by atoms with Crippen LogP contribution in [0.2, 0.25) is 0 Å². The summed E-state index contributed by atoms with van der Waals surface area (Å²) in [6, 6.07) is 1.00. The van der Waals surface area contributed by atoms with Crippen LogP contribution in [-0.4, -0.2) is 48.4 Å². The van der Waals surface area contributed by atoms with Crippen LogP contribution in [0, 0.1) is 11.3 Å². The number of thiophene rings is 1. The van der Waals surface area contributed by atoms with Crippen molar-refractivity contribution >= 4 is 34.8 Å². The van der Waals surface area contributed by atoms with E-state index in [0.29, 0.717) is 36.6 Å². The number of hydrogen-bond donors (Lipinski definition) is 2. The monoisotopic (exact) mass is 573 g/mol. The molecule has 0 unspecified atom stereocenters. The number of carbonyl (C=O) groups is 2. The molecule has 3 heterocycles. The van der Waals surface area contributed by atoms with E-state index in [1.165, 1.54) is 10.7 Å². The Hall–Kier alpha value is -3.22. The zero-order valence-electron chi connectivity index (χ0n) is 22.0. The molecule has 0 aliphatic heterocycles. The molecule has 2 N–H and O–H groups in total. The number of ketones is 1. The standard InChI is InChI=1S/C27H30F3N7O2S/c1-36-22(9-18(35-36)24(29)30)33-26-34-31-12-37(26)15-2-3-20-16(8-15)23(25(39)32-14-6-13(28)7-14)21(40-20)10-19(38)17-11-27(17)4-5-27/h9,12-15,17,24H,2-8,10-11H2,1H3,(H,32,39)(H,33,34)/t13?,14?,15-,17+/m0/s1. The molecule has 2 atom stereocenters. The van der Waals surface area contributed by atoms with E-state index in [9.17, 15) is 22.8 Å². The lowest BCUT2D eigenvalue weighted by Crippen LogP contribution is -2.45. The maximum absolute atomic E-state index is 13.6. The Balaban J connectivity index is 1.15. The Labute approximate surface area is 232 Å². The maximum Gasteiger partial charge on any atom is 0.282 e. The van der Waals surface area contributed by atoms with E-state index >= 15 is 0 Å². The van der Waals surface area contributed by atoms with Gasteiger partial charge in [0, 0.05) is 47.3 Å². The third kappa shape index (κ3) is 4.51. The third-order valence-corrected chi connectivity index (χ3v) is 10.4. The van der Waals surface area contributed by atoms with Crippen molar-refractivity contribution < 1.29 is 22.8 Å². The number of fused-ring (bicyclic) bond motifs is 1. The van der Waals surface area contributed by atoms with E-state index < -0.39 is 12.6 Å². The average Bonchev–Trinajstić information content (AvgIpc) is 3.65. The second kappa shape index (κ2) is 9.42. The highest BCUT2D eigenvalue weighted by atomic mass is 32.1. The first-order valence-electron chi connectivity index (χ1n) is 13.8. The minimum atomic E-state index is -2.69. The van der Waals surface area contributed by atoms with Gasteiger partial charge in [-0.3, -0.25) is 18.8 Å². The van der Waals surface area contributed by atoms with Gasteiger partial charge in [-0.1, -0.05) is 0 Å². The molecule has 13 heteroatoms. The number of Topliss-reactive ketones (excluding diaryl/α,β-unsaturated/α-hetero) is 1. The molecule has 3 fully saturated rings. The van der Waals surface area contributed by atoms with Gasteiger partial charge in [-0.2, -0.15) is 5.10 Å². The van der Waals surface area contributed by atoms with E-state index in [0.717, 1.165) is 47.4 Å². The smallest absolute Gasteiger partial charge is 0.282 e. The quantitative estimate of drug-likeness (QED) is 0.387. The number of nitrogens with zero attached hydrogens (tertiary/aromatic N) is 5. The molecular formula is C27H30F3N7O2S. The van der Waals surface area contributed by atoms with Gasteiger partial charge < -0.3 is 10.6 Å². The van der Waals surface area contributed by atoms with Crippen LogP contribution < -0.4 is 10.6 Å². The molecule has 9 nitrogen and oxygen atoms in total. The van der Waals surface area contributed by atoms with Crippen molar-refractivity contribution in [3.8, 4) is 0 Å². The molecule has 4 aliphatic carbocycles. The van der Waals surface area contributed by atoms with E-state index in [2.05, 4.69) is 25.9 Å². The lowest BCUT2D eigenvalue weighted by Gasteiger charge is -2.31. The van der Waals surface area contributed by atoms with Crippen LogP contribution >= 0.6 is 11.3 Å². The van der Waals surface area contributed by atoms with Gasteiger partial charge in [-0.25, -0.2) is 13.2 Å². The summed E-state index contributed by atoms with van der Waals surface area (Å²) in [5, 5.41) is 18.1. The van der Waals surface area contributed by atoms with Gasteiger partial charge in [0.05, 0.1) is 5.56 Å². The molecule has 3 aromatic heterocycles. The summed E-state index contributed by atoms with van der Waals surface area (Å²) in [5.41, 5.74) is 1.42. The van der Waals surface area contributed by atoms with Crippen LogP contribution in [0.3, 0.4) is 0 Å². The number of alkyl halides is 3. The molecule has 0 aromatic carbocycles. The van der Waals surface area contributed by atoms with Crippen molar-refractivity contribution in [2.45, 2.75) is 82.5 Å². The number of aromatic nitrogens is 5. The lowest BCUT2D eigenvalue weighted by atomic mass is 9.88. The fraction of sp³-hybridized carbons (Fsp3) is 0.593. The molecule has 0 bridgehead atoms. The molecule has 1 amide bonds. The largest absolute Gasteiger partial charge is 0.349 e. The van der Waals surface area contributed by atoms with Crippen LogP contribution in [0.5, 0.6) is 0 Å². The van der Waals surface area contributed by atoms with Crippen LogP contribution in [0.1, 0.15) is 82.4 Å². The molecule has 4 aliphatic rings. The van der Waals surface area contributed by atoms with Crippen molar-refractivity contribution in [1.82, 2.24) is 29.9 Å². The predicted octanol–water partition coefficient (Wildman–Crippen LogP) is 4.63. The fourth-order valence-corrected chi connectivity index (χ4v) is 7.75. The molecule has 212 valence electrons. The average molecular weight is 574 g/mol. The predicted molar refractivity (Wildman–Crippen MR) is 141 cm³/mol.